The Balaban J connectivity index is 1.58. The highest BCUT2D eigenvalue weighted by atomic mass is 19.1. The van der Waals surface area contributed by atoms with Gasteiger partial charge in [0.1, 0.15) is 11.3 Å². The lowest BCUT2D eigenvalue weighted by Crippen LogP contribution is -2.22. The van der Waals surface area contributed by atoms with Crippen LogP contribution in [-0.4, -0.2) is 49.0 Å². The number of benzene rings is 2. The molecule has 0 aliphatic heterocycles. The molecule has 0 spiro atoms. The first-order valence-electron chi connectivity index (χ1n) is 11.5. The Labute approximate surface area is 214 Å². The number of nitrogens with zero attached hydrogens (tertiary/aromatic N) is 5. The monoisotopic (exact) mass is 516 g/mol. The van der Waals surface area contributed by atoms with Crippen LogP contribution in [0.3, 0.4) is 0 Å². The Kier molecular flexibility index (Phi) is 6.44. The van der Waals surface area contributed by atoms with Crippen LogP contribution in [0.15, 0.2) is 82.8 Å². The average Bonchev–Trinajstić information content (AvgIpc) is 3.56. The zero-order chi connectivity index (χ0) is 26.8. The quantitative estimate of drug-likeness (QED) is 0.330. The van der Waals surface area contributed by atoms with Crippen molar-refractivity contribution >= 4 is 5.97 Å². The van der Waals surface area contributed by atoms with Crippen LogP contribution in [0.2, 0.25) is 0 Å². The third-order valence-corrected chi connectivity index (χ3v) is 5.70. The fraction of sp³-hybridized carbons (Fsp3) is 0.115. The van der Waals surface area contributed by atoms with E-state index in [1.165, 1.54) is 42.5 Å². The smallest absolute Gasteiger partial charge is 0.345 e. The summed E-state index contributed by atoms with van der Waals surface area (Å²) < 4.78 is 29.3. The molecule has 0 bridgehead atoms. The molecule has 0 atom stereocenters. The summed E-state index contributed by atoms with van der Waals surface area (Å²) >= 11 is 0. The molecule has 5 rings (SSSR count). The van der Waals surface area contributed by atoms with Crippen molar-refractivity contribution in [1.29, 1.82) is 0 Å². The number of hydrogen-bond acceptors (Lipinski definition) is 7. The summed E-state index contributed by atoms with van der Waals surface area (Å²) in [5, 5.41) is 11.3. The van der Waals surface area contributed by atoms with E-state index in [1.807, 2.05) is 30.3 Å². The zero-order valence-corrected chi connectivity index (χ0v) is 20.3. The van der Waals surface area contributed by atoms with Gasteiger partial charge in [-0.15, -0.1) is 0 Å². The molecule has 0 fully saturated rings. The van der Waals surface area contributed by atoms with E-state index in [1.54, 1.807) is 17.7 Å². The van der Waals surface area contributed by atoms with Gasteiger partial charge in [0, 0.05) is 12.3 Å². The van der Waals surface area contributed by atoms with Crippen LogP contribution in [0.4, 0.5) is 4.39 Å². The molecular formula is C26H21FN6O5. The number of nitrogens with one attached hydrogen (secondary N) is 1. The summed E-state index contributed by atoms with van der Waals surface area (Å²) in [5.74, 6) is -1.59. The molecule has 0 aliphatic rings. The molecule has 0 aliphatic carbocycles. The molecule has 0 radical (unpaired) electrons. The van der Waals surface area contributed by atoms with E-state index in [9.17, 15) is 14.4 Å². The number of carbonyl (C=O) groups excluding carboxylic acids is 1. The first-order chi connectivity index (χ1) is 18.4. The van der Waals surface area contributed by atoms with E-state index in [0.29, 0.717) is 11.4 Å². The third-order valence-electron chi connectivity index (χ3n) is 5.70. The third kappa shape index (κ3) is 4.28. The molecule has 1 N–H and O–H groups in total. The van der Waals surface area contributed by atoms with Crippen LogP contribution < -0.4 is 15.7 Å². The van der Waals surface area contributed by atoms with Crippen LogP contribution in [-0.2, 0) is 4.74 Å². The highest BCUT2D eigenvalue weighted by Crippen LogP contribution is 2.22. The maximum absolute atomic E-state index is 15.4. The normalized spacial score (nSPS) is 10.9. The number of hydrogen-bond donors (Lipinski definition) is 1. The number of H-pyrrole nitrogens is 1. The number of para-hydroxylation sites is 1. The summed E-state index contributed by atoms with van der Waals surface area (Å²) in [4.78, 5) is 37.7. The Bertz CT molecular complexity index is 1750. The highest BCUT2D eigenvalue weighted by Gasteiger charge is 2.20. The summed E-state index contributed by atoms with van der Waals surface area (Å²) in [7, 11) is 1.33. The van der Waals surface area contributed by atoms with Crippen molar-refractivity contribution in [2.45, 2.75) is 6.92 Å². The molecule has 38 heavy (non-hydrogen) atoms. The number of halogens is 1. The van der Waals surface area contributed by atoms with Gasteiger partial charge in [-0.1, -0.05) is 18.2 Å². The topological polar surface area (TPSA) is 126 Å². The number of methoxy groups -OCH3 is 1. The maximum atomic E-state index is 15.4. The van der Waals surface area contributed by atoms with E-state index in [2.05, 4.69) is 15.3 Å². The van der Waals surface area contributed by atoms with Crippen LogP contribution in [0.5, 0.6) is 5.75 Å². The number of aromatic amines is 1. The Hall–Kier alpha value is -5.26. The van der Waals surface area contributed by atoms with Crippen molar-refractivity contribution in [2.75, 3.05) is 13.7 Å². The van der Waals surface area contributed by atoms with Gasteiger partial charge >= 0.3 is 5.97 Å². The Morgan fingerprint density at radius 1 is 1.08 bits per heavy atom. The molecule has 0 saturated carbocycles. The highest BCUT2D eigenvalue weighted by molar-refractivity contribution is 5.88. The first-order valence-corrected chi connectivity index (χ1v) is 11.5. The maximum Gasteiger partial charge on any atom is 0.345 e. The second kappa shape index (κ2) is 10.0. The van der Waals surface area contributed by atoms with Gasteiger partial charge in [0.25, 0.3) is 11.0 Å². The number of carbonyl (C=O) groups is 1. The van der Waals surface area contributed by atoms with Crippen LogP contribution in [0.25, 0.3) is 28.5 Å². The average molecular weight is 516 g/mol. The second-order valence-electron chi connectivity index (χ2n) is 7.97. The van der Waals surface area contributed by atoms with Gasteiger partial charge < -0.3 is 9.47 Å². The minimum atomic E-state index is -0.781. The van der Waals surface area contributed by atoms with Gasteiger partial charge in [-0.2, -0.15) is 10.2 Å². The van der Waals surface area contributed by atoms with Gasteiger partial charge in [-0.05, 0) is 37.3 Å². The lowest BCUT2D eigenvalue weighted by Gasteiger charge is -2.13. The Morgan fingerprint density at radius 2 is 1.87 bits per heavy atom. The summed E-state index contributed by atoms with van der Waals surface area (Å²) in [6.07, 6.45) is 4.00. The molecule has 0 unspecified atom stereocenters. The molecule has 192 valence electrons. The lowest BCUT2D eigenvalue weighted by atomic mass is 10.2. The summed E-state index contributed by atoms with van der Waals surface area (Å²) in [6.45, 7) is 1.73. The van der Waals surface area contributed by atoms with E-state index >= 15 is 4.39 Å². The standard InChI is InChI=1S/C26H21FN6O5/c1-3-38-26(36)18-14-29-33(25(18)35)17-9-10-20(19(27)13-17)31-15-22(37-2)24(34)23(30-31)21-11-12-28-32(21)16-7-5-4-6-8-16/h4-15,29H,3H2,1-2H3. The van der Waals surface area contributed by atoms with Crippen molar-refractivity contribution in [3.8, 4) is 34.2 Å². The number of aromatic nitrogens is 6. The largest absolute Gasteiger partial charge is 0.491 e. The first kappa shape index (κ1) is 24.4. The summed E-state index contributed by atoms with van der Waals surface area (Å²) in [6, 6.07) is 14.7. The molecule has 3 heterocycles. The fourth-order valence-corrected chi connectivity index (χ4v) is 3.90. The van der Waals surface area contributed by atoms with Crippen molar-refractivity contribution in [2.24, 2.45) is 0 Å². The van der Waals surface area contributed by atoms with E-state index in [0.717, 1.165) is 10.7 Å². The number of esters is 1. The van der Waals surface area contributed by atoms with Crippen LogP contribution in [0.1, 0.15) is 17.3 Å². The van der Waals surface area contributed by atoms with Gasteiger partial charge in [0.05, 0.1) is 43.2 Å². The molecule has 3 aromatic heterocycles. The zero-order valence-electron chi connectivity index (χ0n) is 20.3. The molecule has 0 saturated heterocycles. The minimum Gasteiger partial charge on any atom is -0.491 e. The Morgan fingerprint density at radius 3 is 2.58 bits per heavy atom. The van der Waals surface area contributed by atoms with Crippen LogP contribution >= 0.6 is 0 Å². The predicted molar refractivity (Wildman–Crippen MR) is 135 cm³/mol. The van der Waals surface area contributed by atoms with Crippen molar-refractivity contribution in [1.82, 2.24) is 29.3 Å². The molecule has 11 nitrogen and oxygen atoms in total. The van der Waals surface area contributed by atoms with Crippen molar-refractivity contribution in [3.05, 3.63) is 105 Å². The number of rotatable bonds is 7. The predicted octanol–water partition coefficient (Wildman–Crippen LogP) is 2.89. The van der Waals surface area contributed by atoms with Gasteiger partial charge in [-0.25, -0.2) is 23.2 Å². The molecule has 12 heteroatoms. The van der Waals surface area contributed by atoms with Gasteiger partial charge in [0.2, 0.25) is 0 Å². The molecule has 2 aromatic carbocycles. The SMILES string of the molecule is CCOC(=O)c1c[nH]n(-c2ccc(-n3cc(OC)c(=O)c(-c4ccnn4-c4ccccc4)n3)c(F)c2)c1=O. The van der Waals surface area contributed by atoms with E-state index in [4.69, 9.17) is 9.47 Å². The van der Waals surface area contributed by atoms with E-state index < -0.39 is 22.8 Å². The minimum absolute atomic E-state index is 0.00570. The second-order valence-corrected chi connectivity index (χ2v) is 7.97. The fourth-order valence-electron chi connectivity index (χ4n) is 3.90. The molecule has 5 aromatic rings. The lowest BCUT2D eigenvalue weighted by molar-refractivity contribution is 0.0525. The van der Waals surface area contributed by atoms with Gasteiger partial charge in [-0.3, -0.25) is 14.7 Å². The van der Waals surface area contributed by atoms with Crippen molar-refractivity contribution < 1.29 is 18.7 Å². The summed E-state index contributed by atoms with van der Waals surface area (Å²) in [5.41, 5.74) is -0.172. The molecular weight excluding hydrogens is 495 g/mol. The van der Waals surface area contributed by atoms with Crippen molar-refractivity contribution in [3.63, 3.8) is 0 Å². The molecule has 0 amide bonds. The van der Waals surface area contributed by atoms with Gasteiger partial charge in [0.15, 0.2) is 17.3 Å². The number of ether oxygens (including phenoxy) is 2. The van der Waals surface area contributed by atoms with E-state index in [-0.39, 0.29) is 35.0 Å². The van der Waals surface area contributed by atoms with Crippen LogP contribution in [0, 0.1) is 5.82 Å².